The number of ether oxygens (including phenoxy) is 3. The van der Waals surface area contributed by atoms with E-state index in [0.717, 1.165) is 11.1 Å². The lowest BCUT2D eigenvalue weighted by Crippen LogP contribution is -2.44. The number of carbonyl (C=O) groups is 2. The van der Waals surface area contributed by atoms with E-state index in [9.17, 15) is 9.59 Å². The molecule has 0 bridgehead atoms. The zero-order chi connectivity index (χ0) is 26.7. The molecule has 0 aliphatic carbocycles. The molecule has 37 heavy (non-hydrogen) atoms. The largest absolute Gasteiger partial charge is 0.489 e. The summed E-state index contributed by atoms with van der Waals surface area (Å²) in [5.41, 5.74) is 3.39. The first kappa shape index (κ1) is 26.8. The minimum absolute atomic E-state index is 0.166. The lowest BCUT2D eigenvalue weighted by Gasteiger charge is -2.35. The Morgan fingerprint density at radius 2 is 1.92 bits per heavy atom. The molecule has 196 valence electrons. The second-order valence-electron chi connectivity index (χ2n) is 9.15. The minimum atomic E-state index is -0.892. The summed E-state index contributed by atoms with van der Waals surface area (Å²) in [5.74, 6) is 0.832. The molecule has 2 aromatic carbocycles. The molecule has 3 aromatic rings. The first-order valence-electron chi connectivity index (χ1n) is 11.9. The number of nitrogens with zero attached hydrogens (tertiary/aromatic N) is 2. The van der Waals surface area contributed by atoms with Crippen LogP contribution in [-0.4, -0.2) is 42.4 Å². The zero-order valence-electron chi connectivity index (χ0n) is 21.0. The van der Waals surface area contributed by atoms with Gasteiger partial charge in [0.05, 0.1) is 29.3 Å². The lowest BCUT2D eigenvalue weighted by atomic mass is 9.92. The zero-order valence-corrected chi connectivity index (χ0v) is 22.6. The maximum atomic E-state index is 12.7. The molecule has 0 saturated heterocycles. The maximum absolute atomic E-state index is 12.7. The van der Waals surface area contributed by atoms with Gasteiger partial charge in [0.1, 0.15) is 23.8 Å². The summed E-state index contributed by atoms with van der Waals surface area (Å²) in [7, 11) is 1.30. The van der Waals surface area contributed by atoms with E-state index in [4.69, 9.17) is 41.9 Å². The van der Waals surface area contributed by atoms with E-state index in [1.54, 1.807) is 37.3 Å². The van der Waals surface area contributed by atoms with Gasteiger partial charge in [-0.1, -0.05) is 54.3 Å². The SMILES string of the molecule is COC(=O)C1c2ccc(OCc3c(-c4c(Cl)cccc4Cl)noc3C)cc2CCN1C(=O)OCC(C)C. The molecular formula is C27H28Cl2N2O6. The molecule has 1 atom stereocenters. The molecule has 1 unspecified atom stereocenters. The van der Waals surface area contributed by atoms with Crippen molar-refractivity contribution in [3.63, 3.8) is 0 Å². The second-order valence-corrected chi connectivity index (χ2v) is 9.97. The summed E-state index contributed by atoms with van der Waals surface area (Å²) in [6.45, 7) is 6.44. The van der Waals surface area contributed by atoms with Gasteiger partial charge in [-0.05, 0) is 54.7 Å². The second kappa shape index (κ2) is 11.4. The van der Waals surface area contributed by atoms with E-state index in [0.29, 0.717) is 51.3 Å². The fourth-order valence-corrected chi connectivity index (χ4v) is 4.79. The van der Waals surface area contributed by atoms with Crippen LogP contribution in [0.2, 0.25) is 10.0 Å². The number of carbonyl (C=O) groups excluding carboxylic acids is 2. The van der Waals surface area contributed by atoms with Gasteiger partial charge in [0.15, 0.2) is 6.04 Å². The van der Waals surface area contributed by atoms with Gasteiger partial charge in [-0.15, -0.1) is 0 Å². The number of halogens is 2. The molecule has 1 aliphatic rings. The highest BCUT2D eigenvalue weighted by Crippen LogP contribution is 2.38. The van der Waals surface area contributed by atoms with Crippen molar-refractivity contribution >= 4 is 35.3 Å². The van der Waals surface area contributed by atoms with Crippen LogP contribution in [0.15, 0.2) is 40.9 Å². The third-order valence-corrected chi connectivity index (χ3v) is 6.74. The summed E-state index contributed by atoms with van der Waals surface area (Å²) in [4.78, 5) is 26.8. The Morgan fingerprint density at radius 1 is 1.19 bits per heavy atom. The van der Waals surface area contributed by atoms with Crippen molar-refractivity contribution in [3.8, 4) is 17.0 Å². The summed E-state index contributed by atoms with van der Waals surface area (Å²) in [5, 5.41) is 5.07. The normalized spacial score (nSPS) is 14.9. The number of methoxy groups -OCH3 is 1. The number of hydrogen-bond donors (Lipinski definition) is 0. The Bertz CT molecular complexity index is 1290. The van der Waals surface area contributed by atoms with Crippen molar-refractivity contribution in [2.75, 3.05) is 20.3 Å². The molecule has 1 aromatic heterocycles. The number of amides is 1. The molecule has 1 amide bonds. The van der Waals surface area contributed by atoms with Crippen molar-refractivity contribution < 1.29 is 28.3 Å². The Hall–Kier alpha value is -3.23. The highest BCUT2D eigenvalue weighted by atomic mass is 35.5. The number of rotatable bonds is 7. The van der Waals surface area contributed by atoms with Crippen LogP contribution >= 0.6 is 23.2 Å². The van der Waals surface area contributed by atoms with Gasteiger partial charge < -0.3 is 18.7 Å². The van der Waals surface area contributed by atoms with Gasteiger partial charge >= 0.3 is 12.1 Å². The molecule has 2 heterocycles. The number of esters is 1. The van der Waals surface area contributed by atoms with Crippen LogP contribution in [-0.2, 0) is 27.3 Å². The first-order valence-corrected chi connectivity index (χ1v) is 12.6. The van der Waals surface area contributed by atoms with Crippen LogP contribution in [0.1, 0.15) is 42.3 Å². The monoisotopic (exact) mass is 546 g/mol. The van der Waals surface area contributed by atoms with E-state index < -0.39 is 18.1 Å². The quantitative estimate of drug-likeness (QED) is 0.316. The van der Waals surface area contributed by atoms with E-state index in [1.165, 1.54) is 12.0 Å². The molecule has 0 fully saturated rings. The van der Waals surface area contributed by atoms with Gasteiger partial charge in [-0.2, -0.15) is 0 Å². The third-order valence-electron chi connectivity index (χ3n) is 6.11. The lowest BCUT2D eigenvalue weighted by molar-refractivity contribution is -0.147. The smallest absolute Gasteiger partial charge is 0.410 e. The summed E-state index contributed by atoms with van der Waals surface area (Å²) < 4.78 is 21.9. The predicted molar refractivity (Wildman–Crippen MR) is 139 cm³/mol. The number of fused-ring (bicyclic) bond motifs is 1. The summed E-state index contributed by atoms with van der Waals surface area (Å²) in [6, 6.07) is 9.74. The van der Waals surface area contributed by atoms with Gasteiger partial charge in [-0.25, -0.2) is 9.59 Å². The van der Waals surface area contributed by atoms with Crippen molar-refractivity contribution in [1.82, 2.24) is 10.1 Å². The van der Waals surface area contributed by atoms with E-state index in [2.05, 4.69) is 5.16 Å². The molecule has 10 heteroatoms. The van der Waals surface area contributed by atoms with Gasteiger partial charge in [0, 0.05) is 12.1 Å². The fourth-order valence-electron chi connectivity index (χ4n) is 4.21. The molecule has 8 nitrogen and oxygen atoms in total. The Kier molecular flexibility index (Phi) is 8.29. The molecule has 0 N–H and O–H groups in total. The number of aryl methyl sites for hydroxylation is 1. The van der Waals surface area contributed by atoms with Crippen LogP contribution in [0.4, 0.5) is 4.79 Å². The van der Waals surface area contributed by atoms with E-state index in [1.807, 2.05) is 19.9 Å². The number of hydrogen-bond acceptors (Lipinski definition) is 7. The van der Waals surface area contributed by atoms with E-state index >= 15 is 0 Å². The number of aromatic nitrogens is 1. The van der Waals surface area contributed by atoms with Crippen molar-refractivity contribution in [3.05, 3.63) is 68.9 Å². The van der Waals surface area contributed by atoms with Gasteiger partial charge in [0.25, 0.3) is 0 Å². The molecule has 4 rings (SSSR count). The first-order chi connectivity index (χ1) is 17.7. The fraction of sp³-hybridized carbons (Fsp3) is 0.370. The topological polar surface area (TPSA) is 91.1 Å². The Labute approximate surface area is 225 Å². The van der Waals surface area contributed by atoms with Crippen LogP contribution in [0, 0.1) is 12.8 Å². The highest BCUT2D eigenvalue weighted by Gasteiger charge is 2.38. The number of benzene rings is 2. The highest BCUT2D eigenvalue weighted by molar-refractivity contribution is 6.39. The molecule has 0 spiro atoms. The predicted octanol–water partition coefficient (Wildman–Crippen LogP) is 6.40. The average Bonchev–Trinajstić information content (AvgIpc) is 3.24. The Morgan fingerprint density at radius 3 is 2.59 bits per heavy atom. The Balaban J connectivity index is 1.56. The van der Waals surface area contributed by atoms with Crippen LogP contribution in [0.5, 0.6) is 5.75 Å². The van der Waals surface area contributed by atoms with Crippen LogP contribution in [0.25, 0.3) is 11.3 Å². The molecule has 0 radical (unpaired) electrons. The van der Waals surface area contributed by atoms with Crippen molar-refractivity contribution in [1.29, 1.82) is 0 Å². The van der Waals surface area contributed by atoms with Crippen molar-refractivity contribution in [2.24, 2.45) is 5.92 Å². The minimum Gasteiger partial charge on any atom is -0.489 e. The summed E-state index contributed by atoms with van der Waals surface area (Å²) >= 11 is 12.8. The molecular weight excluding hydrogens is 519 g/mol. The van der Waals surface area contributed by atoms with Gasteiger partial charge in [-0.3, -0.25) is 4.90 Å². The van der Waals surface area contributed by atoms with Crippen LogP contribution < -0.4 is 4.74 Å². The third kappa shape index (κ3) is 5.70. The van der Waals surface area contributed by atoms with Crippen LogP contribution in [0.3, 0.4) is 0 Å². The average molecular weight is 547 g/mol. The summed E-state index contributed by atoms with van der Waals surface area (Å²) in [6.07, 6.45) is -0.00684. The van der Waals surface area contributed by atoms with Crippen molar-refractivity contribution in [2.45, 2.75) is 39.8 Å². The van der Waals surface area contributed by atoms with E-state index in [-0.39, 0.29) is 19.1 Å². The maximum Gasteiger partial charge on any atom is 0.410 e. The standard InChI is InChI=1S/C27H28Cl2N2O6/c1-15(2)13-36-27(33)31-11-10-17-12-18(8-9-19(17)25(31)26(32)34-4)35-14-20-16(3)37-30-24(20)23-21(28)6-5-7-22(23)29/h5-9,12,15,25H,10-11,13-14H2,1-4H3. The molecule has 1 aliphatic heterocycles. The molecule has 0 saturated carbocycles. The van der Waals surface area contributed by atoms with Gasteiger partial charge in [0.2, 0.25) is 0 Å².